The van der Waals surface area contributed by atoms with Gasteiger partial charge in [0, 0.05) is 25.1 Å². The maximum Gasteiger partial charge on any atom is 0.224 e. The SMILES string of the molecule is CC(=O)Nc1ccc(F)c(NC(=O)CCC(C)N)c1. The quantitative estimate of drug-likeness (QED) is 0.761. The van der Waals surface area contributed by atoms with Crippen LogP contribution in [0.1, 0.15) is 26.7 Å². The Hall–Kier alpha value is -1.95. The Bertz CT molecular complexity index is 475. The summed E-state index contributed by atoms with van der Waals surface area (Å²) in [4.78, 5) is 22.5. The second-order valence-electron chi connectivity index (χ2n) is 4.44. The molecule has 6 heteroatoms. The smallest absolute Gasteiger partial charge is 0.224 e. The molecule has 1 unspecified atom stereocenters. The first kappa shape index (κ1) is 15.1. The summed E-state index contributed by atoms with van der Waals surface area (Å²) in [6.07, 6.45) is 0.750. The molecular weight excluding hydrogens is 249 g/mol. The van der Waals surface area contributed by atoms with Gasteiger partial charge in [0.1, 0.15) is 5.82 Å². The van der Waals surface area contributed by atoms with Gasteiger partial charge in [-0.1, -0.05) is 0 Å². The molecule has 0 fully saturated rings. The second kappa shape index (κ2) is 6.84. The van der Waals surface area contributed by atoms with Crippen LogP contribution in [0, 0.1) is 5.82 Å². The lowest BCUT2D eigenvalue weighted by Crippen LogP contribution is -2.20. The van der Waals surface area contributed by atoms with Gasteiger partial charge in [0.25, 0.3) is 0 Å². The number of carbonyl (C=O) groups is 2. The number of rotatable bonds is 5. The van der Waals surface area contributed by atoms with Crippen LogP contribution >= 0.6 is 0 Å². The maximum atomic E-state index is 13.5. The molecule has 0 heterocycles. The van der Waals surface area contributed by atoms with E-state index in [2.05, 4.69) is 10.6 Å². The van der Waals surface area contributed by atoms with Crippen LogP contribution in [0.15, 0.2) is 18.2 Å². The minimum absolute atomic E-state index is 0.0425. The molecule has 0 aliphatic heterocycles. The van der Waals surface area contributed by atoms with Crippen LogP contribution in [-0.2, 0) is 9.59 Å². The molecule has 1 rings (SSSR count). The van der Waals surface area contributed by atoms with Gasteiger partial charge in [0.05, 0.1) is 5.69 Å². The first-order chi connectivity index (χ1) is 8.88. The van der Waals surface area contributed by atoms with Crippen LogP contribution in [-0.4, -0.2) is 17.9 Å². The lowest BCUT2D eigenvalue weighted by Gasteiger charge is -2.10. The zero-order chi connectivity index (χ0) is 14.4. The summed E-state index contributed by atoms with van der Waals surface area (Å²) in [5.41, 5.74) is 6.01. The van der Waals surface area contributed by atoms with Gasteiger partial charge in [-0.15, -0.1) is 0 Å². The minimum atomic E-state index is -0.553. The molecule has 0 spiro atoms. The summed E-state index contributed by atoms with van der Waals surface area (Å²) in [6, 6.07) is 3.91. The molecule has 4 N–H and O–H groups in total. The molecule has 1 atom stereocenters. The van der Waals surface area contributed by atoms with Gasteiger partial charge in [-0.3, -0.25) is 9.59 Å². The molecule has 0 aliphatic rings. The largest absolute Gasteiger partial charge is 0.328 e. The summed E-state index contributed by atoms with van der Waals surface area (Å²) < 4.78 is 13.5. The molecular formula is C13H18FN3O2. The standard InChI is InChI=1S/C13H18FN3O2/c1-8(15)3-6-13(19)17-12-7-10(16-9(2)18)4-5-11(12)14/h4-5,7-8H,3,6,15H2,1-2H3,(H,16,18)(H,17,19). The molecule has 0 aromatic heterocycles. The van der Waals surface area contributed by atoms with E-state index in [9.17, 15) is 14.0 Å². The van der Waals surface area contributed by atoms with Crippen molar-refractivity contribution in [1.82, 2.24) is 0 Å². The number of anilines is 2. The number of benzene rings is 1. The summed E-state index contributed by atoms with van der Waals surface area (Å²) in [7, 11) is 0. The van der Waals surface area contributed by atoms with E-state index < -0.39 is 5.82 Å². The Balaban J connectivity index is 2.71. The van der Waals surface area contributed by atoms with Crippen molar-refractivity contribution in [2.24, 2.45) is 5.73 Å². The van der Waals surface area contributed by atoms with Gasteiger partial charge in [0.15, 0.2) is 0 Å². The van der Waals surface area contributed by atoms with E-state index in [-0.39, 0.29) is 30.0 Å². The molecule has 104 valence electrons. The van der Waals surface area contributed by atoms with Gasteiger partial charge >= 0.3 is 0 Å². The molecule has 19 heavy (non-hydrogen) atoms. The normalized spacial score (nSPS) is 11.8. The van der Waals surface area contributed by atoms with E-state index >= 15 is 0 Å². The summed E-state index contributed by atoms with van der Waals surface area (Å²) in [5.74, 6) is -1.12. The highest BCUT2D eigenvalue weighted by Gasteiger charge is 2.09. The molecule has 5 nitrogen and oxygen atoms in total. The van der Waals surface area contributed by atoms with Crippen molar-refractivity contribution in [3.8, 4) is 0 Å². The molecule has 0 saturated carbocycles. The van der Waals surface area contributed by atoms with Crippen molar-refractivity contribution >= 4 is 23.2 Å². The van der Waals surface area contributed by atoms with Crippen LogP contribution in [0.4, 0.5) is 15.8 Å². The molecule has 0 bridgehead atoms. The van der Waals surface area contributed by atoms with Gasteiger partial charge in [-0.25, -0.2) is 4.39 Å². The molecule has 0 aliphatic carbocycles. The third kappa shape index (κ3) is 5.48. The first-order valence-corrected chi connectivity index (χ1v) is 6.01. The number of halogens is 1. The number of nitrogens with one attached hydrogen (secondary N) is 2. The van der Waals surface area contributed by atoms with E-state index in [1.807, 2.05) is 0 Å². The van der Waals surface area contributed by atoms with E-state index in [1.54, 1.807) is 6.92 Å². The van der Waals surface area contributed by atoms with Gasteiger partial charge in [-0.05, 0) is 31.5 Å². The predicted molar refractivity (Wildman–Crippen MR) is 72.2 cm³/mol. The van der Waals surface area contributed by atoms with Crippen LogP contribution < -0.4 is 16.4 Å². The monoisotopic (exact) mass is 267 g/mol. The number of nitrogens with two attached hydrogens (primary N) is 1. The van der Waals surface area contributed by atoms with Crippen molar-refractivity contribution in [2.75, 3.05) is 10.6 Å². The first-order valence-electron chi connectivity index (χ1n) is 6.01. The van der Waals surface area contributed by atoms with Crippen molar-refractivity contribution in [1.29, 1.82) is 0 Å². The van der Waals surface area contributed by atoms with Gasteiger partial charge in [0.2, 0.25) is 11.8 Å². The van der Waals surface area contributed by atoms with Gasteiger partial charge in [-0.2, -0.15) is 0 Å². The Morgan fingerprint density at radius 2 is 2.05 bits per heavy atom. The molecule has 1 aromatic carbocycles. The molecule has 0 radical (unpaired) electrons. The number of hydrogen-bond donors (Lipinski definition) is 3. The minimum Gasteiger partial charge on any atom is -0.328 e. The highest BCUT2D eigenvalue weighted by Crippen LogP contribution is 2.20. The zero-order valence-electron chi connectivity index (χ0n) is 11.0. The molecule has 1 aromatic rings. The van der Waals surface area contributed by atoms with Gasteiger partial charge < -0.3 is 16.4 Å². The fourth-order valence-corrected chi connectivity index (χ4v) is 1.47. The van der Waals surface area contributed by atoms with Crippen molar-refractivity contribution in [3.63, 3.8) is 0 Å². The fraction of sp³-hybridized carbons (Fsp3) is 0.385. The molecule has 2 amide bonds. The Labute approximate surface area is 111 Å². The highest BCUT2D eigenvalue weighted by molar-refractivity contribution is 5.93. The summed E-state index contributed by atoms with van der Waals surface area (Å²) in [6.45, 7) is 3.15. The number of amides is 2. The summed E-state index contributed by atoms with van der Waals surface area (Å²) in [5, 5.41) is 4.98. The van der Waals surface area contributed by atoms with Crippen molar-refractivity contribution in [3.05, 3.63) is 24.0 Å². The van der Waals surface area contributed by atoms with Crippen LogP contribution in [0.3, 0.4) is 0 Å². The van der Waals surface area contributed by atoms with Crippen LogP contribution in [0.25, 0.3) is 0 Å². The third-order valence-electron chi connectivity index (χ3n) is 2.39. The average molecular weight is 267 g/mol. The van der Waals surface area contributed by atoms with E-state index in [0.717, 1.165) is 0 Å². The van der Waals surface area contributed by atoms with E-state index in [0.29, 0.717) is 12.1 Å². The van der Waals surface area contributed by atoms with E-state index in [1.165, 1.54) is 25.1 Å². The molecule has 0 saturated heterocycles. The van der Waals surface area contributed by atoms with E-state index in [4.69, 9.17) is 5.73 Å². The van der Waals surface area contributed by atoms with Crippen LogP contribution in [0.2, 0.25) is 0 Å². The maximum absolute atomic E-state index is 13.5. The van der Waals surface area contributed by atoms with Crippen LogP contribution in [0.5, 0.6) is 0 Å². The lowest BCUT2D eigenvalue weighted by atomic mass is 10.2. The Morgan fingerprint density at radius 1 is 1.37 bits per heavy atom. The highest BCUT2D eigenvalue weighted by atomic mass is 19.1. The number of hydrogen-bond acceptors (Lipinski definition) is 3. The average Bonchev–Trinajstić information content (AvgIpc) is 2.30. The lowest BCUT2D eigenvalue weighted by molar-refractivity contribution is -0.116. The van der Waals surface area contributed by atoms with Crippen molar-refractivity contribution < 1.29 is 14.0 Å². The summed E-state index contributed by atoms with van der Waals surface area (Å²) >= 11 is 0. The predicted octanol–water partition coefficient (Wildman–Crippen LogP) is 1.85. The second-order valence-corrected chi connectivity index (χ2v) is 4.44. The third-order valence-corrected chi connectivity index (χ3v) is 2.39. The Morgan fingerprint density at radius 3 is 2.63 bits per heavy atom. The van der Waals surface area contributed by atoms with Crippen molar-refractivity contribution in [2.45, 2.75) is 32.7 Å². The number of carbonyl (C=O) groups excluding carboxylic acids is 2. The topological polar surface area (TPSA) is 84.2 Å². The zero-order valence-corrected chi connectivity index (χ0v) is 11.0. The fourth-order valence-electron chi connectivity index (χ4n) is 1.47. The Kier molecular flexibility index (Phi) is 5.44.